The highest BCUT2D eigenvalue weighted by molar-refractivity contribution is 8.24. The van der Waals surface area contributed by atoms with Crippen molar-refractivity contribution in [2.45, 2.75) is 24.1 Å². The van der Waals surface area contributed by atoms with Crippen LogP contribution in [0.15, 0.2) is 48.5 Å². The number of carboxylic acid groups (broad SMARTS) is 1. The summed E-state index contributed by atoms with van der Waals surface area (Å²) in [4.78, 5) is 35.9. The van der Waals surface area contributed by atoms with Gasteiger partial charge in [0.15, 0.2) is 0 Å². The third kappa shape index (κ3) is 6.06. The molecule has 0 saturated carbocycles. The van der Waals surface area contributed by atoms with Crippen LogP contribution < -0.4 is 10.5 Å². The van der Waals surface area contributed by atoms with Gasteiger partial charge in [-0.15, -0.1) is 0 Å². The molecule has 0 aromatic heterocycles. The number of esters is 1. The molecule has 1 heterocycles. The fourth-order valence-corrected chi connectivity index (χ4v) is 4.66. The summed E-state index contributed by atoms with van der Waals surface area (Å²) in [6, 6.07) is 13.9. The minimum absolute atomic E-state index is 0.283. The quantitative estimate of drug-likeness (QED) is 0.417. The molecule has 0 radical (unpaired) electrons. The Hall–Kier alpha value is -2.95. The second-order valence-electron chi connectivity index (χ2n) is 7.12. The van der Waals surface area contributed by atoms with Gasteiger partial charge in [-0.05, 0) is 48.2 Å². The minimum atomic E-state index is -1.09. The lowest BCUT2D eigenvalue weighted by molar-refractivity contribution is -0.142. The number of aliphatic carboxylic acids is 1. The Morgan fingerprint density at radius 3 is 2.22 bits per heavy atom. The molecule has 168 valence electrons. The predicted octanol–water partition coefficient (Wildman–Crippen LogP) is 2.38. The van der Waals surface area contributed by atoms with Gasteiger partial charge in [-0.25, -0.2) is 0 Å². The van der Waals surface area contributed by atoms with Crippen molar-refractivity contribution in [3.8, 4) is 11.5 Å². The lowest BCUT2D eigenvalue weighted by Gasteiger charge is -2.12. The zero-order valence-electron chi connectivity index (χ0n) is 17.2. The summed E-state index contributed by atoms with van der Waals surface area (Å²) >= 11 is 6.34. The smallest absolute Gasteiger partial charge is 0.323 e. The summed E-state index contributed by atoms with van der Waals surface area (Å²) in [5, 5.41) is 8.49. The molecule has 2 aromatic carbocycles. The summed E-state index contributed by atoms with van der Waals surface area (Å²) in [7, 11) is 1.30. The van der Waals surface area contributed by atoms with Gasteiger partial charge in [-0.3, -0.25) is 19.3 Å². The topological polar surface area (TPSA) is 119 Å². The van der Waals surface area contributed by atoms with Crippen molar-refractivity contribution in [3.05, 3.63) is 59.7 Å². The van der Waals surface area contributed by atoms with E-state index in [4.69, 9.17) is 27.8 Å². The van der Waals surface area contributed by atoms with Crippen LogP contribution >= 0.6 is 24.0 Å². The summed E-state index contributed by atoms with van der Waals surface area (Å²) in [5.74, 6) is -0.581. The van der Waals surface area contributed by atoms with Crippen LogP contribution in [-0.4, -0.2) is 57.1 Å². The third-order valence-electron chi connectivity index (χ3n) is 4.76. The molecule has 8 nitrogen and oxygen atoms in total. The maximum Gasteiger partial charge on any atom is 0.323 e. The van der Waals surface area contributed by atoms with E-state index in [-0.39, 0.29) is 5.91 Å². The standard InChI is InChI=1S/C22H22N2O6S2/c1-29-21(28)17(23)10-13-2-6-15(7-3-13)30-16-8-4-14(5-9-16)11-18-20(27)24(12-19(25)26)22(31)32-18/h2-9,17-18H,10-12,23H2,1H3,(H,25,26). The molecule has 1 saturated heterocycles. The second kappa shape index (κ2) is 10.6. The molecule has 1 fully saturated rings. The van der Waals surface area contributed by atoms with Crippen LogP contribution in [-0.2, 0) is 32.0 Å². The zero-order valence-corrected chi connectivity index (χ0v) is 18.9. The summed E-state index contributed by atoms with van der Waals surface area (Å²) in [6.07, 6.45) is 0.808. The number of nitrogens with two attached hydrogens (primary N) is 1. The highest BCUT2D eigenvalue weighted by atomic mass is 32.2. The average molecular weight is 475 g/mol. The van der Waals surface area contributed by atoms with Crippen LogP contribution in [0, 0.1) is 0 Å². The van der Waals surface area contributed by atoms with Crippen LogP contribution in [0.3, 0.4) is 0 Å². The van der Waals surface area contributed by atoms with Crippen LogP contribution in [0.5, 0.6) is 11.5 Å². The molecule has 1 amide bonds. The largest absolute Gasteiger partial charge is 0.480 e. The number of carbonyl (C=O) groups is 3. The van der Waals surface area contributed by atoms with Gasteiger partial charge in [-0.1, -0.05) is 48.2 Å². The Morgan fingerprint density at radius 2 is 1.69 bits per heavy atom. The van der Waals surface area contributed by atoms with Crippen molar-refractivity contribution >= 4 is 46.1 Å². The van der Waals surface area contributed by atoms with E-state index in [0.717, 1.165) is 16.0 Å². The first kappa shape index (κ1) is 23.7. The van der Waals surface area contributed by atoms with Crippen molar-refractivity contribution in [3.63, 3.8) is 0 Å². The van der Waals surface area contributed by atoms with E-state index < -0.39 is 29.8 Å². The number of benzene rings is 2. The van der Waals surface area contributed by atoms with E-state index in [1.165, 1.54) is 18.9 Å². The molecule has 0 bridgehead atoms. The maximum absolute atomic E-state index is 12.4. The van der Waals surface area contributed by atoms with E-state index in [9.17, 15) is 14.4 Å². The van der Waals surface area contributed by atoms with Crippen molar-refractivity contribution in [1.82, 2.24) is 4.90 Å². The molecule has 2 unspecified atom stereocenters. The fourth-order valence-electron chi connectivity index (χ4n) is 3.13. The highest BCUT2D eigenvalue weighted by Gasteiger charge is 2.37. The van der Waals surface area contributed by atoms with Gasteiger partial charge in [-0.2, -0.15) is 0 Å². The van der Waals surface area contributed by atoms with Crippen LogP contribution in [0.25, 0.3) is 0 Å². The fraction of sp³-hybridized carbons (Fsp3) is 0.273. The SMILES string of the molecule is COC(=O)C(N)Cc1ccc(Oc2ccc(CC3SC(=S)N(CC(=O)O)C3=O)cc2)cc1. The van der Waals surface area contributed by atoms with E-state index in [1.54, 1.807) is 24.3 Å². The Balaban J connectivity index is 1.56. The molecular formula is C22H22N2O6S2. The van der Waals surface area contributed by atoms with E-state index in [2.05, 4.69) is 4.74 Å². The number of rotatable bonds is 9. The van der Waals surface area contributed by atoms with E-state index in [1.807, 2.05) is 24.3 Å². The minimum Gasteiger partial charge on any atom is -0.480 e. The summed E-state index contributed by atoms with van der Waals surface area (Å²) < 4.78 is 10.8. The molecule has 0 spiro atoms. The number of thiocarbonyl (C=S) groups is 1. The molecule has 2 aromatic rings. The van der Waals surface area contributed by atoms with Crippen LogP contribution in [0.2, 0.25) is 0 Å². The first-order valence-electron chi connectivity index (χ1n) is 9.69. The zero-order chi connectivity index (χ0) is 23.3. The molecule has 32 heavy (non-hydrogen) atoms. The van der Waals surface area contributed by atoms with Gasteiger partial charge in [0.2, 0.25) is 5.91 Å². The number of methoxy groups -OCH3 is 1. The Labute approximate surface area is 194 Å². The number of ether oxygens (including phenoxy) is 2. The monoisotopic (exact) mass is 474 g/mol. The Bertz CT molecular complexity index is 1010. The van der Waals surface area contributed by atoms with Crippen molar-refractivity contribution < 1.29 is 29.0 Å². The van der Waals surface area contributed by atoms with Gasteiger partial charge in [0, 0.05) is 0 Å². The van der Waals surface area contributed by atoms with Crippen molar-refractivity contribution in [1.29, 1.82) is 0 Å². The van der Waals surface area contributed by atoms with E-state index >= 15 is 0 Å². The number of nitrogens with zero attached hydrogens (tertiary/aromatic N) is 1. The number of carbonyl (C=O) groups excluding carboxylic acids is 2. The normalized spacial score (nSPS) is 16.7. The number of carboxylic acids is 1. The second-order valence-corrected chi connectivity index (χ2v) is 8.95. The van der Waals surface area contributed by atoms with Gasteiger partial charge < -0.3 is 20.3 Å². The van der Waals surface area contributed by atoms with Gasteiger partial charge >= 0.3 is 11.9 Å². The summed E-state index contributed by atoms with van der Waals surface area (Å²) in [6.45, 7) is -0.415. The van der Waals surface area contributed by atoms with Crippen LogP contribution in [0.1, 0.15) is 11.1 Å². The highest BCUT2D eigenvalue weighted by Crippen LogP contribution is 2.30. The maximum atomic E-state index is 12.4. The van der Waals surface area contributed by atoms with Gasteiger partial charge in [0.25, 0.3) is 0 Å². The van der Waals surface area contributed by atoms with Crippen molar-refractivity contribution in [2.75, 3.05) is 13.7 Å². The van der Waals surface area contributed by atoms with Crippen LogP contribution in [0.4, 0.5) is 0 Å². The molecule has 2 atom stereocenters. The average Bonchev–Trinajstić information content (AvgIpc) is 3.02. The van der Waals surface area contributed by atoms with E-state index in [0.29, 0.717) is 28.7 Å². The Kier molecular flexibility index (Phi) is 7.84. The molecule has 1 aliphatic heterocycles. The predicted molar refractivity (Wildman–Crippen MR) is 124 cm³/mol. The lowest BCUT2D eigenvalue weighted by Crippen LogP contribution is -2.36. The third-order valence-corrected chi connectivity index (χ3v) is 6.35. The lowest BCUT2D eigenvalue weighted by atomic mass is 10.1. The first-order chi connectivity index (χ1) is 15.3. The number of amides is 1. The molecule has 0 aliphatic carbocycles. The molecule has 1 aliphatic rings. The first-order valence-corrected chi connectivity index (χ1v) is 11.0. The summed E-state index contributed by atoms with van der Waals surface area (Å²) in [5.41, 5.74) is 7.58. The number of hydrogen-bond acceptors (Lipinski definition) is 8. The number of hydrogen-bond donors (Lipinski definition) is 2. The molecule has 3 rings (SSSR count). The number of thioether (sulfide) groups is 1. The molecule has 3 N–H and O–H groups in total. The van der Waals surface area contributed by atoms with Crippen molar-refractivity contribution in [2.24, 2.45) is 5.73 Å². The molecular weight excluding hydrogens is 452 g/mol. The van der Waals surface area contributed by atoms with Gasteiger partial charge in [0.1, 0.15) is 28.4 Å². The molecule has 10 heteroatoms. The Morgan fingerprint density at radius 1 is 1.12 bits per heavy atom. The van der Waals surface area contributed by atoms with Gasteiger partial charge in [0.05, 0.1) is 12.4 Å².